The SMILES string of the molecule is COC1(CNc2cccnc2C(=O)O)CCC1. The third-order valence-corrected chi connectivity index (χ3v) is 3.31. The summed E-state index contributed by atoms with van der Waals surface area (Å²) >= 11 is 0. The van der Waals surface area contributed by atoms with E-state index in [0.717, 1.165) is 19.3 Å². The number of pyridine rings is 1. The van der Waals surface area contributed by atoms with Crippen molar-refractivity contribution in [1.29, 1.82) is 0 Å². The normalized spacial score (nSPS) is 17.2. The maximum atomic E-state index is 11.0. The molecule has 0 saturated heterocycles. The molecule has 17 heavy (non-hydrogen) atoms. The minimum Gasteiger partial charge on any atom is -0.476 e. The fourth-order valence-electron chi connectivity index (χ4n) is 2.00. The van der Waals surface area contributed by atoms with Crippen LogP contribution >= 0.6 is 0 Å². The van der Waals surface area contributed by atoms with Gasteiger partial charge in [-0.25, -0.2) is 9.78 Å². The highest BCUT2D eigenvalue weighted by Crippen LogP contribution is 2.35. The average Bonchev–Trinajstić information content (AvgIpc) is 2.28. The molecular weight excluding hydrogens is 220 g/mol. The number of nitrogens with zero attached hydrogens (tertiary/aromatic N) is 1. The summed E-state index contributed by atoms with van der Waals surface area (Å²) in [5.41, 5.74) is 0.465. The van der Waals surface area contributed by atoms with E-state index in [0.29, 0.717) is 12.2 Å². The number of aromatic nitrogens is 1. The maximum Gasteiger partial charge on any atom is 0.356 e. The highest BCUT2D eigenvalue weighted by molar-refractivity contribution is 5.91. The lowest BCUT2D eigenvalue weighted by Gasteiger charge is -2.40. The number of carboxylic acids is 1. The molecule has 0 radical (unpaired) electrons. The summed E-state index contributed by atoms with van der Waals surface area (Å²) < 4.78 is 5.47. The van der Waals surface area contributed by atoms with E-state index in [1.165, 1.54) is 6.20 Å². The Morgan fingerprint density at radius 3 is 2.94 bits per heavy atom. The molecule has 0 aliphatic heterocycles. The smallest absolute Gasteiger partial charge is 0.356 e. The summed E-state index contributed by atoms with van der Waals surface area (Å²) in [6.45, 7) is 0.621. The monoisotopic (exact) mass is 236 g/mol. The lowest BCUT2D eigenvalue weighted by atomic mass is 9.80. The minimum atomic E-state index is -1.02. The van der Waals surface area contributed by atoms with Crippen molar-refractivity contribution in [3.63, 3.8) is 0 Å². The van der Waals surface area contributed by atoms with Crippen LogP contribution in [0.3, 0.4) is 0 Å². The summed E-state index contributed by atoms with van der Waals surface area (Å²) in [7, 11) is 1.70. The topological polar surface area (TPSA) is 71.5 Å². The molecule has 1 fully saturated rings. The number of aromatic carboxylic acids is 1. The largest absolute Gasteiger partial charge is 0.476 e. The fraction of sp³-hybridized carbons (Fsp3) is 0.500. The number of ether oxygens (including phenoxy) is 1. The third kappa shape index (κ3) is 2.39. The van der Waals surface area contributed by atoms with E-state index in [-0.39, 0.29) is 11.3 Å². The Kier molecular flexibility index (Phi) is 3.28. The molecule has 0 unspecified atom stereocenters. The minimum absolute atomic E-state index is 0.0538. The molecule has 0 spiro atoms. The van der Waals surface area contributed by atoms with Crippen LogP contribution in [-0.2, 0) is 4.74 Å². The van der Waals surface area contributed by atoms with E-state index >= 15 is 0 Å². The number of anilines is 1. The number of nitrogens with one attached hydrogen (secondary N) is 1. The molecule has 2 rings (SSSR count). The lowest BCUT2D eigenvalue weighted by molar-refractivity contribution is -0.0601. The summed E-state index contributed by atoms with van der Waals surface area (Å²) in [6, 6.07) is 3.44. The first-order valence-corrected chi connectivity index (χ1v) is 5.64. The van der Waals surface area contributed by atoms with Gasteiger partial charge in [0.25, 0.3) is 0 Å². The van der Waals surface area contributed by atoms with Crippen LogP contribution in [0.5, 0.6) is 0 Å². The second-order valence-corrected chi connectivity index (χ2v) is 4.30. The Hall–Kier alpha value is -1.62. The molecule has 1 aromatic rings. The van der Waals surface area contributed by atoms with Gasteiger partial charge in [-0.3, -0.25) is 0 Å². The maximum absolute atomic E-state index is 11.0. The molecule has 1 heterocycles. The van der Waals surface area contributed by atoms with E-state index < -0.39 is 5.97 Å². The molecule has 5 nitrogen and oxygen atoms in total. The van der Waals surface area contributed by atoms with Crippen LogP contribution < -0.4 is 5.32 Å². The van der Waals surface area contributed by atoms with Gasteiger partial charge in [0.05, 0.1) is 11.3 Å². The van der Waals surface area contributed by atoms with Crippen molar-refractivity contribution in [2.45, 2.75) is 24.9 Å². The van der Waals surface area contributed by atoms with Gasteiger partial charge in [-0.15, -0.1) is 0 Å². The molecule has 1 aliphatic carbocycles. The van der Waals surface area contributed by atoms with Crippen molar-refractivity contribution in [3.8, 4) is 0 Å². The zero-order chi connectivity index (χ0) is 12.3. The predicted molar refractivity (Wildman–Crippen MR) is 63.3 cm³/mol. The highest BCUT2D eigenvalue weighted by atomic mass is 16.5. The number of rotatable bonds is 5. The predicted octanol–water partition coefficient (Wildman–Crippen LogP) is 1.76. The van der Waals surface area contributed by atoms with Crippen molar-refractivity contribution in [3.05, 3.63) is 24.0 Å². The number of hydrogen-bond acceptors (Lipinski definition) is 4. The zero-order valence-corrected chi connectivity index (χ0v) is 9.77. The summed E-state index contributed by atoms with van der Waals surface area (Å²) in [4.78, 5) is 14.8. The summed E-state index contributed by atoms with van der Waals surface area (Å²) in [5, 5.41) is 12.1. The van der Waals surface area contributed by atoms with E-state index in [4.69, 9.17) is 9.84 Å². The molecule has 0 bridgehead atoms. The van der Waals surface area contributed by atoms with Gasteiger partial charge in [-0.1, -0.05) is 0 Å². The summed E-state index contributed by atoms with van der Waals surface area (Å²) in [6.07, 6.45) is 4.66. The number of carboxylic acid groups (broad SMARTS) is 1. The van der Waals surface area contributed by atoms with Gasteiger partial charge < -0.3 is 15.2 Å². The van der Waals surface area contributed by atoms with Gasteiger partial charge in [0.1, 0.15) is 0 Å². The number of methoxy groups -OCH3 is 1. The fourth-order valence-corrected chi connectivity index (χ4v) is 2.00. The van der Waals surface area contributed by atoms with Crippen LogP contribution in [0.4, 0.5) is 5.69 Å². The molecule has 5 heteroatoms. The van der Waals surface area contributed by atoms with E-state index in [1.54, 1.807) is 19.2 Å². The van der Waals surface area contributed by atoms with Gasteiger partial charge in [0, 0.05) is 19.9 Å². The van der Waals surface area contributed by atoms with Crippen LogP contribution in [0, 0.1) is 0 Å². The van der Waals surface area contributed by atoms with Crippen molar-refractivity contribution < 1.29 is 14.6 Å². The van der Waals surface area contributed by atoms with Crippen molar-refractivity contribution in [2.24, 2.45) is 0 Å². The molecular formula is C12H16N2O3. The molecule has 1 saturated carbocycles. The Labute approximate surface area is 99.8 Å². The van der Waals surface area contributed by atoms with Gasteiger partial charge in [-0.05, 0) is 31.4 Å². The van der Waals surface area contributed by atoms with E-state index in [1.807, 2.05) is 0 Å². The standard InChI is InChI=1S/C12H16N2O3/c1-17-12(5-3-6-12)8-14-9-4-2-7-13-10(9)11(15)16/h2,4,7,14H,3,5-6,8H2,1H3,(H,15,16). The van der Waals surface area contributed by atoms with Crippen LogP contribution in [0.1, 0.15) is 29.8 Å². The molecule has 1 aliphatic rings. The van der Waals surface area contributed by atoms with Crippen molar-refractivity contribution in [2.75, 3.05) is 19.0 Å². The number of carbonyl (C=O) groups is 1. The van der Waals surface area contributed by atoms with Crippen LogP contribution in [0.2, 0.25) is 0 Å². The molecule has 0 aromatic carbocycles. The van der Waals surface area contributed by atoms with Gasteiger partial charge in [-0.2, -0.15) is 0 Å². The molecule has 92 valence electrons. The van der Waals surface area contributed by atoms with E-state index in [9.17, 15) is 4.79 Å². The molecule has 0 amide bonds. The number of hydrogen-bond donors (Lipinski definition) is 2. The first-order chi connectivity index (χ1) is 8.17. The molecule has 1 aromatic heterocycles. The molecule has 2 N–H and O–H groups in total. The van der Waals surface area contributed by atoms with E-state index in [2.05, 4.69) is 10.3 Å². The van der Waals surface area contributed by atoms with Gasteiger partial charge in [0.2, 0.25) is 0 Å². The van der Waals surface area contributed by atoms with Crippen molar-refractivity contribution >= 4 is 11.7 Å². The molecule has 0 atom stereocenters. The first kappa shape index (κ1) is 11.9. The third-order valence-electron chi connectivity index (χ3n) is 3.31. The Bertz CT molecular complexity index is 410. The Balaban J connectivity index is 2.06. The van der Waals surface area contributed by atoms with Crippen LogP contribution in [-0.4, -0.2) is 35.3 Å². The Morgan fingerprint density at radius 1 is 1.65 bits per heavy atom. The van der Waals surface area contributed by atoms with Gasteiger partial charge in [0.15, 0.2) is 5.69 Å². The summed E-state index contributed by atoms with van der Waals surface area (Å²) in [5.74, 6) is -1.02. The average molecular weight is 236 g/mol. The second kappa shape index (κ2) is 4.71. The first-order valence-electron chi connectivity index (χ1n) is 5.64. The second-order valence-electron chi connectivity index (χ2n) is 4.30. The quantitative estimate of drug-likeness (QED) is 0.815. The Morgan fingerprint density at radius 2 is 2.41 bits per heavy atom. The highest BCUT2D eigenvalue weighted by Gasteiger charge is 2.36. The van der Waals surface area contributed by atoms with Crippen LogP contribution in [0.15, 0.2) is 18.3 Å². The zero-order valence-electron chi connectivity index (χ0n) is 9.77. The lowest BCUT2D eigenvalue weighted by Crippen LogP contribution is -2.45. The van der Waals surface area contributed by atoms with Crippen molar-refractivity contribution in [1.82, 2.24) is 4.98 Å². The van der Waals surface area contributed by atoms with Gasteiger partial charge >= 0.3 is 5.97 Å². The van der Waals surface area contributed by atoms with Crippen LogP contribution in [0.25, 0.3) is 0 Å².